The van der Waals surface area contributed by atoms with E-state index in [2.05, 4.69) is 38.1 Å². The fraction of sp³-hybridized carbons (Fsp3) is 0.318. The maximum Gasteiger partial charge on any atom is 0.338 e. The van der Waals surface area contributed by atoms with Crippen LogP contribution in [0, 0.1) is 6.92 Å². The van der Waals surface area contributed by atoms with E-state index in [0.717, 1.165) is 29.5 Å². The molecular weight excluding hydrogens is 296 g/mol. The molecule has 2 heteroatoms. The molecule has 0 amide bonds. The summed E-state index contributed by atoms with van der Waals surface area (Å²) in [7, 11) is 1.44. The highest BCUT2D eigenvalue weighted by Gasteiger charge is 2.17. The van der Waals surface area contributed by atoms with Gasteiger partial charge in [0.25, 0.3) is 0 Å². The quantitative estimate of drug-likeness (QED) is 0.360. The SMILES string of the molecule is CCCCC/C(=C/c1ccccc1)c1c(C)cccc1C(=O)OC. The van der Waals surface area contributed by atoms with Crippen LogP contribution in [0.25, 0.3) is 11.6 Å². The molecule has 0 atom stereocenters. The van der Waals surface area contributed by atoms with Gasteiger partial charge >= 0.3 is 5.97 Å². The van der Waals surface area contributed by atoms with Crippen molar-refractivity contribution < 1.29 is 9.53 Å². The highest BCUT2D eigenvalue weighted by molar-refractivity contribution is 5.98. The summed E-state index contributed by atoms with van der Waals surface area (Å²) in [4.78, 5) is 12.2. The molecule has 0 aliphatic carbocycles. The predicted octanol–water partition coefficient (Wildman–Crippen LogP) is 5.90. The third-order valence-electron chi connectivity index (χ3n) is 4.19. The zero-order valence-electron chi connectivity index (χ0n) is 14.8. The molecule has 0 saturated carbocycles. The van der Waals surface area contributed by atoms with Gasteiger partial charge in [-0.2, -0.15) is 0 Å². The number of aryl methyl sites for hydroxylation is 1. The molecule has 0 fully saturated rings. The molecule has 0 heterocycles. The Kier molecular flexibility index (Phi) is 6.80. The van der Waals surface area contributed by atoms with Gasteiger partial charge in [-0.05, 0) is 48.1 Å². The van der Waals surface area contributed by atoms with Gasteiger partial charge in [-0.1, -0.05) is 68.3 Å². The van der Waals surface area contributed by atoms with Gasteiger partial charge in [-0.25, -0.2) is 4.79 Å². The van der Waals surface area contributed by atoms with E-state index in [1.54, 1.807) is 0 Å². The largest absolute Gasteiger partial charge is 0.465 e. The highest BCUT2D eigenvalue weighted by Crippen LogP contribution is 2.30. The summed E-state index contributed by atoms with van der Waals surface area (Å²) in [5, 5.41) is 0. The molecule has 0 unspecified atom stereocenters. The van der Waals surface area contributed by atoms with E-state index in [1.807, 2.05) is 30.3 Å². The van der Waals surface area contributed by atoms with Crippen LogP contribution >= 0.6 is 0 Å². The third-order valence-corrected chi connectivity index (χ3v) is 4.19. The Balaban J connectivity index is 2.51. The normalized spacial score (nSPS) is 11.4. The minimum atomic E-state index is -0.275. The van der Waals surface area contributed by atoms with E-state index in [-0.39, 0.29) is 5.97 Å². The molecule has 2 aromatic carbocycles. The number of allylic oxidation sites excluding steroid dienone is 1. The molecular formula is C22H26O2. The molecule has 0 saturated heterocycles. The summed E-state index contributed by atoms with van der Waals surface area (Å²) < 4.78 is 4.99. The zero-order valence-corrected chi connectivity index (χ0v) is 14.8. The number of carbonyl (C=O) groups is 1. The van der Waals surface area contributed by atoms with Crippen molar-refractivity contribution in [3.8, 4) is 0 Å². The van der Waals surface area contributed by atoms with Crippen molar-refractivity contribution in [2.75, 3.05) is 7.11 Å². The van der Waals surface area contributed by atoms with Crippen LogP contribution < -0.4 is 0 Å². The van der Waals surface area contributed by atoms with E-state index in [9.17, 15) is 4.79 Å². The van der Waals surface area contributed by atoms with Gasteiger partial charge in [-0.3, -0.25) is 0 Å². The van der Waals surface area contributed by atoms with Crippen molar-refractivity contribution in [1.29, 1.82) is 0 Å². The Bertz CT molecular complexity index is 699. The molecule has 24 heavy (non-hydrogen) atoms. The standard InChI is InChI=1S/C22H26O2/c1-4-5-7-14-19(16-18-12-8-6-9-13-18)21-17(2)11-10-15-20(21)22(23)24-3/h6,8-13,15-16H,4-5,7,14H2,1-3H3/b19-16-. The average Bonchev–Trinajstić information content (AvgIpc) is 2.61. The van der Waals surface area contributed by atoms with Gasteiger partial charge in [0.2, 0.25) is 0 Å². The Hall–Kier alpha value is -2.35. The van der Waals surface area contributed by atoms with Crippen molar-refractivity contribution in [2.24, 2.45) is 0 Å². The van der Waals surface area contributed by atoms with Crippen LogP contribution in [-0.4, -0.2) is 13.1 Å². The second kappa shape index (κ2) is 9.07. The first-order valence-electron chi connectivity index (χ1n) is 8.61. The van der Waals surface area contributed by atoms with Gasteiger partial charge in [0.1, 0.15) is 0 Å². The molecule has 2 rings (SSSR count). The fourth-order valence-corrected chi connectivity index (χ4v) is 2.96. The Morgan fingerprint density at radius 2 is 1.79 bits per heavy atom. The predicted molar refractivity (Wildman–Crippen MR) is 101 cm³/mol. The van der Waals surface area contributed by atoms with E-state index >= 15 is 0 Å². The van der Waals surface area contributed by atoms with Crippen LogP contribution in [0.2, 0.25) is 0 Å². The summed E-state index contributed by atoms with van der Waals surface area (Å²) in [5.74, 6) is -0.275. The first kappa shape index (κ1) is 18.0. The van der Waals surface area contributed by atoms with Crippen LogP contribution in [0.5, 0.6) is 0 Å². The molecule has 0 spiro atoms. The summed E-state index contributed by atoms with van der Waals surface area (Å²) in [5.41, 5.74) is 5.13. The number of methoxy groups -OCH3 is 1. The number of rotatable bonds is 7. The summed E-state index contributed by atoms with van der Waals surface area (Å²) >= 11 is 0. The fourth-order valence-electron chi connectivity index (χ4n) is 2.96. The minimum absolute atomic E-state index is 0.275. The molecule has 0 aliphatic heterocycles. The lowest BCUT2D eigenvalue weighted by molar-refractivity contribution is 0.0600. The average molecular weight is 322 g/mol. The Morgan fingerprint density at radius 1 is 1.04 bits per heavy atom. The molecule has 126 valence electrons. The van der Waals surface area contributed by atoms with Gasteiger partial charge in [-0.15, -0.1) is 0 Å². The van der Waals surface area contributed by atoms with Gasteiger partial charge in [0.15, 0.2) is 0 Å². The molecule has 2 nitrogen and oxygen atoms in total. The van der Waals surface area contributed by atoms with Crippen molar-refractivity contribution in [3.05, 3.63) is 70.8 Å². The number of unbranched alkanes of at least 4 members (excludes halogenated alkanes) is 2. The monoisotopic (exact) mass is 322 g/mol. The molecule has 0 radical (unpaired) electrons. The number of hydrogen-bond donors (Lipinski definition) is 0. The first-order valence-corrected chi connectivity index (χ1v) is 8.61. The van der Waals surface area contributed by atoms with Gasteiger partial charge < -0.3 is 4.74 Å². The second-order valence-electron chi connectivity index (χ2n) is 6.03. The highest BCUT2D eigenvalue weighted by atomic mass is 16.5. The van der Waals surface area contributed by atoms with Crippen molar-refractivity contribution >= 4 is 17.6 Å². The van der Waals surface area contributed by atoms with E-state index < -0.39 is 0 Å². The summed E-state index contributed by atoms with van der Waals surface area (Å²) in [6, 6.07) is 16.1. The smallest absolute Gasteiger partial charge is 0.338 e. The number of esters is 1. The summed E-state index contributed by atoms with van der Waals surface area (Å²) in [6.45, 7) is 4.26. The topological polar surface area (TPSA) is 26.3 Å². The van der Waals surface area contributed by atoms with Crippen LogP contribution in [0.1, 0.15) is 59.7 Å². The number of ether oxygens (including phenoxy) is 1. The van der Waals surface area contributed by atoms with Crippen LogP contribution in [0.4, 0.5) is 0 Å². The molecule has 0 bridgehead atoms. The number of benzene rings is 2. The van der Waals surface area contributed by atoms with Crippen LogP contribution in [0.3, 0.4) is 0 Å². The lowest BCUT2D eigenvalue weighted by atomic mass is 9.90. The molecule has 0 N–H and O–H groups in total. The summed E-state index contributed by atoms with van der Waals surface area (Å²) in [6.07, 6.45) is 6.63. The number of hydrogen-bond acceptors (Lipinski definition) is 2. The molecule has 2 aromatic rings. The zero-order chi connectivity index (χ0) is 17.4. The van der Waals surface area contributed by atoms with Crippen LogP contribution in [-0.2, 0) is 4.74 Å². The van der Waals surface area contributed by atoms with Crippen molar-refractivity contribution in [2.45, 2.75) is 39.5 Å². The van der Waals surface area contributed by atoms with E-state index in [0.29, 0.717) is 5.56 Å². The van der Waals surface area contributed by atoms with Crippen molar-refractivity contribution in [1.82, 2.24) is 0 Å². The minimum Gasteiger partial charge on any atom is -0.465 e. The molecule has 0 aromatic heterocycles. The molecule has 0 aliphatic rings. The Morgan fingerprint density at radius 3 is 2.46 bits per heavy atom. The lowest BCUT2D eigenvalue weighted by Crippen LogP contribution is -2.07. The number of carbonyl (C=O) groups excluding carboxylic acids is 1. The maximum absolute atomic E-state index is 12.2. The second-order valence-corrected chi connectivity index (χ2v) is 6.03. The van der Waals surface area contributed by atoms with Gasteiger partial charge in [0.05, 0.1) is 12.7 Å². The van der Waals surface area contributed by atoms with E-state index in [4.69, 9.17) is 4.74 Å². The third kappa shape index (κ3) is 4.58. The maximum atomic E-state index is 12.2. The lowest BCUT2D eigenvalue weighted by Gasteiger charge is -2.15. The van der Waals surface area contributed by atoms with Crippen molar-refractivity contribution in [3.63, 3.8) is 0 Å². The Labute approximate surface area is 145 Å². The van der Waals surface area contributed by atoms with Gasteiger partial charge in [0, 0.05) is 0 Å². The first-order chi connectivity index (χ1) is 11.7. The van der Waals surface area contributed by atoms with E-state index in [1.165, 1.54) is 25.5 Å². The van der Waals surface area contributed by atoms with Crippen LogP contribution in [0.15, 0.2) is 48.5 Å².